The summed E-state index contributed by atoms with van der Waals surface area (Å²) in [5, 5.41) is 3.56. The minimum Gasteiger partial charge on any atom is -0.497 e. The molecule has 1 aliphatic rings. The molecule has 3 nitrogen and oxygen atoms in total. The zero-order valence-corrected chi connectivity index (χ0v) is 12.0. The Hall–Kier alpha value is -1.48. The monoisotopic (exact) mass is 261 g/mol. The summed E-state index contributed by atoms with van der Waals surface area (Å²) in [5.74, 6) is 1.79. The third-order valence-corrected chi connectivity index (χ3v) is 3.60. The molecule has 1 aliphatic carbocycles. The Morgan fingerprint density at radius 3 is 2.68 bits per heavy atom. The second kappa shape index (κ2) is 6.62. The van der Waals surface area contributed by atoms with Gasteiger partial charge in [0.1, 0.15) is 11.5 Å². The Bertz CT molecular complexity index is 454. The lowest BCUT2D eigenvalue weighted by Crippen LogP contribution is -2.23. The van der Waals surface area contributed by atoms with Gasteiger partial charge in [-0.1, -0.05) is 18.6 Å². The fourth-order valence-electron chi connectivity index (χ4n) is 2.67. The summed E-state index contributed by atoms with van der Waals surface area (Å²) >= 11 is 0. The zero-order valence-electron chi connectivity index (χ0n) is 12.0. The van der Waals surface area contributed by atoms with Crippen LogP contribution in [0.15, 0.2) is 29.8 Å². The predicted molar refractivity (Wildman–Crippen MR) is 77.9 cm³/mol. The number of allylic oxidation sites excluding steroid dienone is 1. The number of methoxy groups -OCH3 is 2. The zero-order chi connectivity index (χ0) is 13.7. The van der Waals surface area contributed by atoms with Crippen LogP contribution in [-0.4, -0.2) is 20.8 Å². The van der Waals surface area contributed by atoms with Gasteiger partial charge in [-0.05, 0) is 44.0 Å². The molecule has 104 valence electrons. The highest BCUT2D eigenvalue weighted by atomic mass is 16.5. The van der Waals surface area contributed by atoms with Crippen molar-refractivity contribution in [2.24, 2.45) is 0 Å². The maximum atomic E-state index is 5.51. The van der Waals surface area contributed by atoms with Gasteiger partial charge in [0, 0.05) is 5.56 Å². The van der Waals surface area contributed by atoms with E-state index in [0.717, 1.165) is 30.0 Å². The third-order valence-electron chi connectivity index (χ3n) is 3.60. The molecular formula is C16H23NO2. The number of ether oxygens (including phenoxy) is 2. The van der Waals surface area contributed by atoms with Crippen LogP contribution < -0.4 is 14.8 Å². The first-order valence-corrected chi connectivity index (χ1v) is 6.94. The minimum absolute atomic E-state index is 0.234. The smallest absolute Gasteiger partial charge is 0.124 e. The molecular weight excluding hydrogens is 238 g/mol. The first kappa shape index (κ1) is 13.9. The second-order valence-corrected chi connectivity index (χ2v) is 4.77. The van der Waals surface area contributed by atoms with Crippen molar-refractivity contribution in [3.8, 4) is 11.5 Å². The number of rotatable bonds is 6. The van der Waals surface area contributed by atoms with Crippen LogP contribution >= 0.6 is 0 Å². The molecule has 0 saturated heterocycles. The number of hydrogen-bond acceptors (Lipinski definition) is 3. The van der Waals surface area contributed by atoms with Gasteiger partial charge in [-0.25, -0.2) is 0 Å². The molecule has 1 unspecified atom stereocenters. The van der Waals surface area contributed by atoms with Crippen molar-refractivity contribution in [3.63, 3.8) is 0 Å². The van der Waals surface area contributed by atoms with E-state index >= 15 is 0 Å². The fraction of sp³-hybridized carbons (Fsp3) is 0.500. The Labute approximate surface area is 115 Å². The maximum Gasteiger partial charge on any atom is 0.124 e. The molecule has 0 spiro atoms. The van der Waals surface area contributed by atoms with Crippen LogP contribution in [-0.2, 0) is 0 Å². The molecule has 1 aromatic carbocycles. The normalized spacial score (nSPS) is 16.1. The summed E-state index contributed by atoms with van der Waals surface area (Å²) in [5.41, 5.74) is 2.63. The molecule has 19 heavy (non-hydrogen) atoms. The van der Waals surface area contributed by atoms with Crippen molar-refractivity contribution in [2.45, 2.75) is 32.2 Å². The predicted octanol–water partition coefficient (Wildman–Crippen LogP) is 3.46. The summed E-state index contributed by atoms with van der Waals surface area (Å²) in [6.45, 7) is 3.07. The van der Waals surface area contributed by atoms with Gasteiger partial charge in [0.05, 0.1) is 20.3 Å². The van der Waals surface area contributed by atoms with Gasteiger partial charge >= 0.3 is 0 Å². The van der Waals surface area contributed by atoms with Gasteiger partial charge in [-0.3, -0.25) is 0 Å². The molecule has 0 aromatic heterocycles. The van der Waals surface area contributed by atoms with Gasteiger partial charge in [-0.15, -0.1) is 0 Å². The standard InChI is InChI=1S/C16H23NO2/c1-4-17-16(12-7-5-6-8-12)14-11-13(18-2)9-10-15(14)19-3/h7,9-11,16-17H,4-6,8H2,1-3H3. The van der Waals surface area contributed by atoms with E-state index in [1.807, 2.05) is 12.1 Å². The maximum absolute atomic E-state index is 5.51. The van der Waals surface area contributed by atoms with E-state index in [-0.39, 0.29) is 6.04 Å². The molecule has 0 amide bonds. The Morgan fingerprint density at radius 2 is 2.11 bits per heavy atom. The molecule has 0 fully saturated rings. The van der Waals surface area contributed by atoms with E-state index in [1.165, 1.54) is 18.4 Å². The van der Waals surface area contributed by atoms with E-state index < -0.39 is 0 Å². The SMILES string of the molecule is CCNC(C1=CCCC1)c1cc(OC)ccc1OC. The Kier molecular flexibility index (Phi) is 4.86. The average Bonchev–Trinajstić information content (AvgIpc) is 2.98. The fourth-order valence-corrected chi connectivity index (χ4v) is 2.67. The van der Waals surface area contributed by atoms with E-state index in [2.05, 4.69) is 24.4 Å². The third kappa shape index (κ3) is 3.10. The molecule has 1 aromatic rings. The van der Waals surface area contributed by atoms with Crippen molar-refractivity contribution in [1.82, 2.24) is 5.32 Å². The number of nitrogens with one attached hydrogen (secondary N) is 1. The van der Waals surface area contributed by atoms with Crippen LogP contribution in [0.3, 0.4) is 0 Å². The van der Waals surface area contributed by atoms with Gasteiger partial charge < -0.3 is 14.8 Å². The number of benzene rings is 1. The first-order valence-electron chi connectivity index (χ1n) is 6.94. The Morgan fingerprint density at radius 1 is 1.26 bits per heavy atom. The van der Waals surface area contributed by atoms with Crippen molar-refractivity contribution in [1.29, 1.82) is 0 Å². The molecule has 1 atom stereocenters. The molecule has 1 N–H and O–H groups in total. The minimum atomic E-state index is 0.234. The second-order valence-electron chi connectivity index (χ2n) is 4.77. The van der Waals surface area contributed by atoms with Crippen LogP contribution in [0.1, 0.15) is 37.8 Å². The molecule has 3 heteroatoms. The summed E-state index contributed by atoms with van der Waals surface area (Å²) in [7, 11) is 3.42. The molecule has 0 saturated carbocycles. The van der Waals surface area contributed by atoms with Gasteiger partial charge in [0.15, 0.2) is 0 Å². The lowest BCUT2D eigenvalue weighted by molar-refractivity contribution is 0.393. The summed E-state index contributed by atoms with van der Waals surface area (Å²) in [4.78, 5) is 0. The van der Waals surface area contributed by atoms with Crippen LogP contribution in [0, 0.1) is 0 Å². The summed E-state index contributed by atoms with van der Waals surface area (Å²) < 4.78 is 10.9. The average molecular weight is 261 g/mol. The largest absolute Gasteiger partial charge is 0.497 e. The lowest BCUT2D eigenvalue weighted by Gasteiger charge is -2.22. The van der Waals surface area contributed by atoms with E-state index in [1.54, 1.807) is 14.2 Å². The van der Waals surface area contributed by atoms with Gasteiger partial charge in [-0.2, -0.15) is 0 Å². The topological polar surface area (TPSA) is 30.5 Å². The Balaban J connectivity index is 2.38. The first-order chi connectivity index (χ1) is 9.30. The summed E-state index contributed by atoms with van der Waals surface area (Å²) in [6, 6.07) is 6.23. The lowest BCUT2D eigenvalue weighted by atomic mass is 9.97. The molecule has 0 aliphatic heterocycles. The van der Waals surface area contributed by atoms with Crippen molar-refractivity contribution >= 4 is 0 Å². The molecule has 0 radical (unpaired) electrons. The van der Waals surface area contributed by atoms with Crippen LogP contribution in [0.4, 0.5) is 0 Å². The van der Waals surface area contributed by atoms with Gasteiger partial charge in [0.25, 0.3) is 0 Å². The van der Waals surface area contributed by atoms with Crippen molar-refractivity contribution in [3.05, 3.63) is 35.4 Å². The van der Waals surface area contributed by atoms with E-state index in [9.17, 15) is 0 Å². The molecule has 0 bridgehead atoms. The van der Waals surface area contributed by atoms with Crippen LogP contribution in [0.5, 0.6) is 11.5 Å². The summed E-state index contributed by atoms with van der Waals surface area (Å²) in [6.07, 6.45) is 5.96. The number of likely N-dealkylation sites (N-methyl/N-ethyl adjacent to an activating group) is 1. The highest BCUT2D eigenvalue weighted by molar-refractivity contribution is 5.45. The van der Waals surface area contributed by atoms with Crippen molar-refractivity contribution < 1.29 is 9.47 Å². The van der Waals surface area contributed by atoms with E-state index in [4.69, 9.17) is 9.47 Å². The van der Waals surface area contributed by atoms with Crippen LogP contribution in [0.2, 0.25) is 0 Å². The highest BCUT2D eigenvalue weighted by Gasteiger charge is 2.22. The highest BCUT2D eigenvalue weighted by Crippen LogP contribution is 2.37. The number of hydrogen-bond donors (Lipinski definition) is 1. The van der Waals surface area contributed by atoms with E-state index in [0.29, 0.717) is 0 Å². The van der Waals surface area contributed by atoms with Crippen molar-refractivity contribution in [2.75, 3.05) is 20.8 Å². The van der Waals surface area contributed by atoms with Gasteiger partial charge in [0.2, 0.25) is 0 Å². The quantitative estimate of drug-likeness (QED) is 0.795. The van der Waals surface area contributed by atoms with Crippen LogP contribution in [0.25, 0.3) is 0 Å². The molecule has 0 heterocycles. The molecule has 2 rings (SSSR count).